The summed E-state index contributed by atoms with van der Waals surface area (Å²) in [6, 6.07) is 0. The van der Waals surface area contributed by atoms with Crippen LogP contribution in [0.25, 0.3) is 0 Å². The van der Waals surface area contributed by atoms with Gasteiger partial charge in [-0.05, 0) is 55.8 Å². The van der Waals surface area contributed by atoms with Crippen LogP contribution < -0.4 is 0 Å². The molecule has 0 spiro atoms. The van der Waals surface area contributed by atoms with E-state index in [1.807, 2.05) is 7.05 Å². The Kier molecular flexibility index (Phi) is 3.53. The fraction of sp³-hybridized carbons (Fsp3) is 0.882. The Hall–Kier alpha value is -1.06. The van der Waals surface area contributed by atoms with Crippen LogP contribution in [0.2, 0.25) is 0 Å². The molecule has 0 aromatic heterocycles. The minimum Gasteiger partial charge on any atom is -0.469 e. The summed E-state index contributed by atoms with van der Waals surface area (Å²) in [6.07, 6.45) is 7.43. The summed E-state index contributed by atoms with van der Waals surface area (Å²) in [4.78, 5) is 26.1. The van der Waals surface area contributed by atoms with Crippen molar-refractivity contribution in [1.82, 2.24) is 4.90 Å². The fourth-order valence-electron chi connectivity index (χ4n) is 5.84. The number of nitrogens with zero attached hydrogens (tertiary/aromatic N) is 1. The molecule has 1 amide bonds. The first kappa shape index (κ1) is 14.9. The average molecular weight is 293 g/mol. The summed E-state index contributed by atoms with van der Waals surface area (Å²) < 4.78 is 4.67. The number of amides is 1. The highest BCUT2D eigenvalue weighted by Crippen LogP contribution is 2.65. The van der Waals surface area contributed by atoms with Crippen LogP contribution >= 0.6 is 0 Å². The molecule has 0 saturated heterocycles. The van der Waals surface area contributed by atoms with Crippen molar-refractivity contribution in [3.63, 3.8) is 0 Å². The van der Waals surface area contributed by atoms with Gasteiger partial charge >= 0.3 is 5.97 Å². The Labute approximate surface area is 127 Å². The molecule has 4 aliphatic rings. The summed E-state index contributed by atoms with van der Waals surface area (Å²) in [5, 5.41) is 0. The summed E-state index contributed by atoms with van der Waals surface area (Å²) in [6.45, 7) is 2.85. The Morgan fingerprint density at radius 1 is 1.19 bits per heavy atom. The Balaban J connectivity index is 1.70. The summed E-state index contributed by atoms with van der Waals surface area (Å²) in [5.74, 6) is 1.52. The first-order valence-electron chi connectivity index (χ1n) is 8.18. The van der Waals surface area contributed by atoms with Crippen LogP contribution in [0, 0.1) is 22.7 Å². The molecule has 118 valence electrons. The largest absolute Gasteiger partial charge is 0.469 e. The molecule has 4 heteroatoms. The van der Waals surface area contributed by atoms with Gasteiger partial charge in [0.25, 0.3) is 0 Å². The number of carbonyl (C=O) groups is 2. The van der Waals surface area contributed by atoms with Gasteiger partial charge in [0.1, 0.15) is 0 Å². The van der Waals surface area contributed by atoms with Crippen LogP contribution in [0.1, 0.15) is 51.9 Å². The molecule has 2 unspecified atom stereocenters. The monoisotopic (exact) mass is 293 g/mol. The third kappa shape index (κ3) is 2.58. The molecule has 0 aromatic carbocycles. The second kappa shape index (κ2) is 4.99. The number of rotatable bonds is 4. The van der Waals surface area contributed by atoms with Crippen molar-refractivity contribution in [2.45, 2.75) is 51.9 Å². The van der Waals surface area contributed by atoms with Crippen LogP contribution in [-0.2, 0) is 14.3 Å². The van der Waals surface area contributed by atoms with Crippen LogP contribution in [0.4, 0.5) is 0 Å². The molecule has 4 bridgehead atoms. The van der Waals surface area contributed by atoms with Crippen molar-refractivity contribution in [2.24, 2.45) is 22.7 Å². The van der Waals surface area contributed by atoms with E-state index in [-0.39, 0.29) is 17.3 Å². The molecule has 0 radical (unpaired) electrons. The molecule has 4 saturated carbocycles. The van der Waals surface area contributed by atoms with Crippen molar-refractivity contribution in [3.8, 4) is 0 Å². The highest BCUT2D eigenvalue weighted by atomic mass is 16.5. The lowest BCUT2D eigenvalue weighted by Crippen LogP contribution is -2.57. The molecular weight excluding hydrogens is 266 g/mol. The molecule has 4 aliphatic carbocycles. The van der Waals surface area contributed by atoms with Gasteiger partial charge in [-0.2, -0.15) is 0 Å². The minimum absolute atomic E-state index is 0.135. The number of carbonyl (C=O) groups excluding carboxylic acids is 2. The van der Waals surface area contributed by atoms with Gasteiger partial charge in [-0.25, -0.2) is 0 Å². The number of methoxy groups -OCH3 is 1. The Morgan fingerprint density at radius 2 is 1.81 bits per heavy atom. The maximum absolute atomic E-state index is 13.0. The molecular formula is C17H27NO3. The average Bonchev–Trinajstić information content (AvgIpc) is 2.40. The van der Waals surface area contributed by atoms with Crippen molar-refractivity contribution in [3.05, 3.63) is 0 Å². The SMILES string of the molecule is COC(=O)CCN(C)C(=O)C12CC3CC(CC(C)(C3)C1)C2. The maximum Gasteiger partial charge on any atom is 0.307 e. The van der Waals surface area contributed by atoms with E-state index in [1.165, 1.54) is 26.4 Å². The number of hydrogen-bond acceptors (Lipinski definition) is 3. The normalized spacial score (nSPS) is 40.1. The van der Waals surface area contributed by atoms with E-state index in [4.69, 9.17) is 0 Å². The van der Waals surface area contributed by atoms with Crippen LogP contribution in [-0.4, -0.2) is 37.5 Å². The highest BCUT2D eigenvalue weighted by molar-refractivity contribution is 5.83. The van der Waals surface area contributed by atoms with Gasteiger partial charge in [-0.15, -0.1) is 0 Å². The van der Waals surface area contributed by atoms with Crippen molar-refractivity contribution >= 4 is 11.9 Å². The van der Waals surface area contributed by atoms with E-state index in [2.05, 4.69) is 11.7 Å². The predicted molar refractivity (Wildman–Crippen MR) is 79.5 cm³/mol. The van der Waals surface area contributed by atoms with Gasteiger partial charge in [-0.1, -0.05) is 6.92 Å². The molecule has 0 N–H and O–H groups in total. The van der Waals surface area contributed by atoms with Crippen LogP contribution in [0.5, 0.6) is 0 Å². The summed E-state index contributed by atoms with van der Waals surface area (Å²) in [7, 11) is 3.23. The maximum atomic E-state index is 13.0. The van der Waals surface area contributed by atoms with Gasteiger partial charge in [0.15, 0.2) is 0 Å². The number of hydrogen-bond donors (Lipinski definition) is 0. The zero-order valence-corrected chi connectivity index (χ0v) is 13.5. The molecule has 21 heavy (non-hydrogen) atoms. The summed E-state index contributed by atoms with van der Waals surface area (Å²) in [5.41, 5.74) is 0.243. The molecule has 4 nitrogen and oxygen atoms in total. The highest BCUT2D eigenvalue weighted by Gasteiger charge is 2.59. The quantitative estimate of drug-likeness (QED) is 0.749. The third-order valence-corrected chi connectivity index (χ3v) is 6.03. The molecule has 4 fully saturated rings. The smallest absolute Gasteiger partial charge is 0.307 e. The zero-order chi connectivity index (χ0) is 15.3. The van der Waals surface area contributed by atoms with E-state index >= 15 is 0 Å². The van der Waals surface area contributed by atoms with Gasteiger partial charge in [0.2, 0.25) is 5.91 Å². The minimum atomic E-state index is -0.243. The molecule has 0 heterocycles. The van der Waals surface area contributed by atoms with E-state index < -0.39 is 0 Å². The van der Waals surface area contributed by atoms with E-state index in [1.54, 1.807) is 4.90 Å². The van der Waals surface area contributed by atoms with Crippen LogP contribution in [0.15, 0.2) is 0 Å². The first-order valence-corrected chi connectivity index (χ1v) is 8.18. The Bertz CT molecular complexity index is 445. The molecule has 0 aliphatic heterocycles. The first-order chi connectivity index (χ1) is 9.86. The van der Waals surface area contributed by atoms with Gasteiger partial charge in [0, 0.05) is 13.6 Å². The zero-order valence-electron chi connectivity index (χ0n) is 13.5. The van der Waals surface area contributed by atoms with Crippen molar-refractivity contribution < 1.29 is 14.3 Å². The van der Waals surface area contributed by atoms with E-state index in [0.29, 0.717) is 18.4 Å². The number of esters is 1. The molecule has 0 aromatic rings. The Morgan fingerprint density at radius 3 is 2.33 bits per heavy atom. The standard InChI is InChI=1S/C17H27NO3/c1-16-7-12-6-13(8-16)10-17(9-12,11-16)15(20)18(2)5-4-14(19)21-3/h12-13H,4-11H2,1-3H3. The van der Waals surface area contributed by atoms with Gasteiger partial charge in [0.05, 0.1) is 18.9 Å². The second-order valence-electron chi connectivity index (χ2n) is 8.10. The van der Waals surface area contributed by atoms with Gasteiger partial charge in [-0.3, -0.25) is 9.59 Å². The van der Waals surface area contributed by atoms with E-state index in [0.717, 1.165) is 31.1 Å². The topological polar surface area (TPSA) is 46.6 Å². The van der Waals surface area contributed by atoms with Crippen LogP contribution in [0.3, 0.4) is 0 Å². The van der Waals surface area contributed by atoms with Crippen molar-refractivity contribution in [1.29, 1.82) is 0 Å². The van der Waals surface area contributed by atoms with E-state index in [9.17, 15) is 9.59 Å². The molecule has 2 atom stereocenters. The second-order valence-corrected chi connectivity index (χ2v) is 8.10. The van der Waals surface area contributed by atoms with Crippen molar-refractivity contribution in [2.75, 3.05) is 20.7 Å². The lowest BCUT2D eigenvalue weighted by Gasteiger charge is -2.61. The molecule has 4 rings (SSSR count). The predicted octanol–water partition coefficient (Wildman–Crippen LogP) is 2.61. The lowest BCUT2D eigenvalue weighted by atomic mass is 9.44. The van der Waals surface area contributed by atoms with Gasteiger partial charge < -0.3 is 9.64 Å². The fourth-order valence-corrected chi connectivity index (χ4v) is 5.84. The number of ether oxygens (including phenoxy) is 1. The lowest BCUT2D eigenvalue weighted by molar-refractivity contribution is -0.165. The third-order valence-electron chi connectivity index (χ3n) is 6.03. The summed E-state index contributed by atoms with van der Waals surface area (Å²) >= 11 is 0.